The first-order chi connectivity index (χ1) is 11.1. The maximum absolute atomic E-state index is 5.42. The van der Waals surface area contributed by atoms with Crippen molar-refractivity contribution in [1.29, 1.82) is 0 Å². The number of hydrogen-bond donors (Lipinski definition) is 1. The normalized spacial score (nSPS) is 10.9. The standard InChI is InChI=1S/C18H19N3S2/c1-13-8-14(2)10-16(9-13)21-17(19-20-18(21)22)12-23-11-15-6-4-3-5-7-15/h3-10H,11-12H2,1-2H3,(H,20,22). The average Bonchev–Trinajstić information content (AvgIpc) is 2.88. The van der Waals surface area contributed by atoms with Crippen LogP contribution in [0.4, 0.5) is 0 Å². The third kappa shape index (κ3) is 3.92. The Morgan fingerprint density at radius 1 is 1.04 bits per heavy atom. The van der Waals surface area contributed by atoms with E-state index in [1.54, 1.807) is 0 Å². The quantitative estimate of drug-likeness (QED) is 0.665. The van der Waals surface area contributed by atoms with Crippen molar-refractivity contribution in [2.45, 2.75) is 25.4 Å². The second-order valence-electron chi connectivity index (χ2n) is 5.60. The van der Waals surface area contributed by atoms with E-state index in [2.05, 4.69) is 66.5 Å². The van der Waals surface area contributed by atoms with Gasteiger partial charge in [0.15, 0.2) is 4.77 Å². The number of nitrogens with one attached hydrogen (secondary N) is 1. The van der Waals surface area contributed by atoms with Gasteiger partial charge in [-0.1, -0.05) is 36.4 Å². The van der Waals surface area contributed by atoms with Crippen LogP contribution in [0.3, 0.4) is 0 Å². The fourth-order valence-corrected chi connectivity index (χ4v) is 3.77. The molecule has 1 N–H and O–H groups in total. The Kier molecular flexibility index (Phi) is 4.98. The van der Waals surface area contributed by atoms with E-state index in [1.165, 1.54) is 16.7 Å². The summed E-state index contributed by atoms with van der Waals surface area (Å²) in [6, 6.07) is 16.9. The highest BCUT2D eigenvalue weighted by molar-refractivity contribution is 7.97. The van der Waals surface area contributed by atoms with E-state index in [0.717, 1.165) is 23.0 Å². The van der Waals surface area contributed by atoms with Crippen molar-refractivity contribution >= 4 is 24.0 Å². The highest BCUT2D eigenvalue weighted by Gasteiger charge is 2.09. The van der Waals surface area contributed by atoms with Crippen molar-refractivity contribution in [3.63, 3.8) is 0 Å². The molecule has 1 aromatic heterocycles. The van der Waals surface area contributed by atoms with Gasteiger partial charge in [0.2, 0.25) is 0 Å². The molecule has 5 heteroatoms. The molecule has 3 nitrogen and oxygen atoms in total. The van der Waals surface area contributed by atoms with Gasteiger partial charge >= 0.3 is 0 Å². The molecule has 3 aromatic rings. The zero-order valence-corrected chi connectivity index (χ0v) is 14.9. The Labute approximate surface area is 145 Å². The monoisotopic (exact) mass is 341 g/mol. The minimum Gasteiger partial charge on any atom is -0.271 e. The molecule has 1 heterocycles. The number of nitrogens with zero attached hydrogens (tertiary/aromatic N) is 2. The third-order valence-electron chi connectivity index (χ3n) is 3.55. The number of aryl methyl sites for hydroxylation is 2. The predicted molar refractivity (Wildman–Crippen MR) is 99.7 cm³/mol. The second-order valence-corrected chi connectivity index (χ2v) is 6.98. The van der Waals surface area contributed by atoms with E-state index in [4.69, 9.17) is 12.2 Å². The van der Waals surface area contributed by atoms with Crippen LogP contribution in [-0.2, 0) is 11.5 Å². The summed E-state index contributed by atoms with van der Waals surface area (Å²) < 4.78 is 2.68. The van der Waals surface area contributed by atoms with E-state index in [0.29, 0.717) is 4.77 Å². The Morgan fingerprint density at radius 3 is 2.43 bits per heavy atom. The summed E-state index contributed by atoms with van der Waals surface area (Å²) in [6.45, 7) is 4.20. The van der Waals surface area contributed by atoms with Crippen molar-refractivity contribution in [1.82, 2.24) is 14.8 Å². The van der Waals surface area contributed by atoms with Crippen LogP contribution in [0.25, 0.3) is 5.69 Å². The molecule has 2 aromatic carbocycles. The number of aromatic amines is 1. The highest BCUT2D eigenvalue weighted by atomic mass is 32.2. The van der Waals surface area contributed by atoms with Crippen molar-refractivity contribution in [2.24, 2.45) is 0 Å². The minimum absolute atomic E-state index is 0.644. The largest absolute Gasteiger partial charge is 0.271 e. The van der Waals surface area contributed by atoms with Gasteiger partial charge in [0.25, 0.3) is 0 Å². The number of H-pyrrole nitrogens is 1. The number of benzene rings is 2. The maximum atomic E-state index is 5.42. The summed E-state index contributed by atoms with van der Waals surface area (Å²) in [7, 11) is 0. The lowest BCUT2D eigenvalue weighted by atomic mass is 10.1. The van der Waals surface area contributed by atoms with E-state index in [-0.39, 0.29) is 0 Å². The predicted octanol–water partition coefficient (Wildman–Crippen LogP) is 4.98. The third-order valence-corrected chi connectivity index (χ3v) is 4.82. The smallest absolute Gasteiger partial charge is 0.199 e. The van der Waals surface area contributed by atoms with Gasteiger partial charge < -0.3 is 0 Å². The average molecular weight is 342 g/mol. The molecule has 0 unspecified atom stereocenters. The van der Waals surface area contributed by atoms with Gasteiger partial charge in [-0.05, 0) is 54.9 Å². The molecular formula is C18H19N3S2. The summed E-state index contributed by atoms with van der Waals surface area (Å²) in [5, 5.41) is 7.33. The van der Waals surface area contributed by atoms with Crippen LogP contribution in [0, 0.1) is 18.6 Å². The molecule has 3 rings (SSSR count). The van der Waals surface area contributed by atoms with Crippen molar-refractivity contribution in [2.75, 3.05) is 0 Å². The van der Waals surface area contributed by atoms with Crippen LogP contribution >= 0.6 is 24.0 Å². The van der Waals surface area contributed by atoms with Crippen molar-refractivity contribution in [3.05, 3.63) is 75.8 Å². The molecule has 0 saturated heterocycles. The molecule has 23 heavy (non-hydrogen) atoms. The first-order valence-electron chi connectivity index (χ1n) is 7.50. The number of rotatable bonds is 5. The molecule has 0 radical (unpaired) electrons. The first-order valence-corrected chi connectivity index (χ1v) is 9.06. The SMILES string of the molecule is Cc1cc(C)cc(-n2c(CSCc3ccccc3)n[nH]c2=S)c1. The Balaban J connectivity index is 1.80. The molecule has 0 amide bonds. The van der Waals surface area contributed by atoms with Crippen molar-refractivity contribution < 1.29 is 0 Å². The van der Waals surface area contributed by atoms with E-state index < -0.39 is 0 Å². The van der Waals surface area contributed by atoms with Crippen LogP contribution in [0.1, 0.15) is 22.5 Å². The zero-order valence-electron chi connectivity index (χ0n) is 13.2. The second kappa shape index (κ2) is 7.15. The number of aromatic nitrogens is 3. The van der Waals surface area contributed by atoms with Gasteiger partial charge in [-0.15, -0.1) is 11.8 Å². The minimum atomic E-state index is 0.644. The van der Waals surface area contributed by atoms with Crippen LogP contribution in [-0.4, -0.2) is 14.8 Å². The van der Waals surface area contributed by atoms with Gasteiger partial charge in [-0.2, -0.15) is 5.10 Å². The molecule has 0 aliphatic rings. The van der Waals surface area contributed by atoms with E-state index in [1.807, 2.05) is 22.4 Å². The summed E-state index contributed by atoms with van der Waals surface area (Å²) in [4.78, 5) is 0. The van der Waals surface area contributed by atoms with Gasteiger partial charge in [-0.25, -0.2) is 0 Å². The lowest BCUT2D eigenvalue weighted by Crippen LogP contribution is -2.01. The van der Waals surface area contributed by atoms with Crippen LogP contribution in [0.5, 0.6) is 0 Å². The molecule has 0 atom stereocenters. The molecule has 0 saturated carbocycles. The summed E-state index contributed by atoms with van der Waals surface area (Å²) in [6.07, 6.45) is 0. The molecule has 0 fully saturated rings. The van der Waals surface area contributed by atoms with Gasteiger partial charge in [0.05, 0.1) is 11.4 Å². The van der Waals surface area contributed by atoms with Gasteiger partial charge in [-0.3, -0.25) is 9.67 Å². The fraction of sp³-hybridized carbons (Fsp3) is 0.222. The highest BCUT2D eigenvalue weighted by Crippen LogP contribution is 2.21. The lowest BCUT2D eigenvalue weighted by molar-refractivity contribution is 0.945. The zero-order chi connectivity index (χ0) is 16.2. The van der Waals surface area contributed by atoms with Crippen LogP contribution in [0.2, 0.25) is 0 Å². The number of thioether (sulfide) groups is 1. The van der Waals surface area contributed by atoms with E-state index in [9.17, 15) is 0 Å². The molecule has 0 aliphatic heterocycles. The molecule has 0 spiro atoms. The first kappa shape index (κ1) is 16.0. The Hall–Kier alpha value is -1.85. The Morgan fingerprint density at radius 2 is 1.74 bits per heavy atom. The molecular weight excluding hydrogens is 322 g/mol. The maximum Gasteiger partial charge on any atom is 0.199 e. The summed E-state index contributed by atoms with van der Waals surface area (Å²) in [5.74, 6) is 2.74. The molecule has 118 valence electrons. The summed E-state index contributed by atoms with van der Waals surface area (Å²) in [5.41, 5.74) is 4.86. The Bertz CT molecular complexity index is 830. The van der Waals surface area contributed by atoms with Gasteiger partial charge in [0, 0.05) is 5.75 Å². The topological polar surface area (TPSA) is 33.6 Å². The van der Waals surface area contributed by atoms with E-state index >= 15 is 0 Å². The molecule has 0 bridgehead atoms. The lowest BCUT2D eigenvalue weighted by Gasteiger charge is -2.09. The van der Waals surface area contributed by atoms with Crippen LogP contribution < -0.4 is 0 Å². The fourth-order valence-electron chi connectivity index (χ4n) is 2.61. The van der Waals surface area contributed by atoms with Crippen LogP contribution in [0.15, 0.2) is 48.5 Å². The molecule has 0 aliphatic carbocycles. The van der Waals surface area contributed by atoms with Crippen molar-refractivity contribution in [3.8, 4) is 5.69 Å². The van der Waals surface area contributed by atoms with Gasteiger partial charge in [0.1, 0.15) is 5.82 Å². The summed E-state index contributed by atoms with van der Waals surface area (Å²) >= 11 is 7.26. The number of hydrogen-bond acceptors (Lipinski definition) is 3.